The third-order valence-electron chi connectivity index (χ3n) is 5.76. The van der Waals surface area contributed by atoms with E-state index >= 15 is 0 Å². The molecule has 182 valence electrons. The van der Waals surface area contributed by atoms with Crippen LogP contribution in [0.1, 0.15) is 52.7 Å². The van der Waals surface area contributed by atoms with Gasteiger partial charge in [0.1, 0.15) is 5.75 Å². The van der Waals surface area contributed by atoms with E-state index < -0.39 is 8.32 Å². The zero-order valence-corrected chi connectivity index (χ0v) is 22.7. The number of hydrogen-bond acceptors (Lipinski definition) is 5. The molecule has 5 nitrogen and oxygen atoms in total. The van der Waals surface area contributed by atoms with Crippen LogP contribution in [0.5, 0.6) is 28.7 Å². The van der Waals surface area contributed by atoms with Crippen molar-refractivity contribution in [2.75, 3.05) is 26.9 Å². The molecule has 0 aliphatic heterocycles. The van der Waals surface area contributed by atoms with Crippen LogP contribution in [0.25, 0.3) is 12.2 Å². The summed E-state index contributed by atoms with van der Waals surface area (Å²) in [5.41, 5.74) is 1.99. The standard InChI is InChI=1S/C27H40O5Si/c1-10-29-24-18-21(19-25(30-11-2)26(24)31-12-3)14-13-20-15-16-22(28-7)23(17-20)32-33(8,9)27(4,5)6/h13-19H,10-12H2,1-9H3/b14-13+. The Kier molecular flexibility index (Phi) is 9.29. The molecule has 0 saturated heterocycles. The van der Waals surface area contributed by atoms with Gasteiger partial charge < -0.3 is 23.4 Å². The number of methoxy groups -OCH3 is 1. The predicted octanol–water partition coefficient (Wildman–Crippen LogP) is 7.45. The molecule has 2 aromatic carbocycles. The molecule has 2 rings (SSSR count). The highest BCUT2D eigenvalue weighted by Crippen LogP contribution is 2.41. The van der Waals surface area contributed by atoms with Crippen LogP contribution >= 0.6 is 0 Å². The van der Waals surface area contributed by atoms with Crippen molar-refractivity contribution >= 4 is 20.5 Å². The largest absolute Gasteiger partial charge is 0.541 e. The minimum Gasteiger partial charge on any atom is -0.541 e. The maximum absolute atomic E-state index is 6.55. The minimum absolute atomic E-state index is 0.0948. The lowest BCUT2D eigenvalue weighted by atomic mass is 10.1. The molecule has 0 aliphatic rings. The van der Waals surface area contributed by atoms with Gasteiger partial charge in [0, 0.05) is 0 Å². The molecule has 0 aliphatic carbocycles. The fourth-order valence-corrected chi connectivity index (χ4v) is 4.02. The SMILES string of the molecule is CCOc1cc(/C=C/c2ccc(OC)c(O[Si](C)(C)C(C)(C)C)c2)cc(OCC)c1OCC. The lowest BCUT2D eigenvalue weighted by Gasteiger charge is -2.36. The van der Waals surface area contributed by atoms with Gasteiger partial charge in [0.25, 0.3) is 8.32 Å². The Labute approximate surface area is 200 Å². The van der Waals surface area contributed by atoms with Crippen molar-refractivity contribution < 1.29 is 23.4 Å². The van der Waals surface area contributed by atoms with Crippen LogP contribution in [0.2, 0.25) is 18.1 Å². The fourth-order valence-electron chi connectivity index (χ4n) is 3.00. The summed E-state index contributed by atoms with van der Waals surface area (Å²) in [6.45, 7) is 18.7. The molecule has 0 N–H and O–H groups in total. The van der Waals surface area contributed by atoms with Gasteiger partial charge in [0.15, 0.2) is 17.2 Å². The van der Waals surface area contributed by atoms with Crippen molar-refractivity contribution in [2.24, 2.45) is 0 Å². The van der Waals surface area contributed by atoms with E-state index in [0.29, 0.717) is 37.1 Å². The second kappa shape index (κ2) is 11.5. The van der Waals surface area contributed by atoms with Gasteiger partial charge in [-0.15, -0.1) is 0 Å². The Bertz CT molecular complexity index is 917. The summed E-state index contributed by atoms with van der Waals surface area (Å²) >= 11 is 0. The smallest absolute Gasteiger partial charge is 0.250 e. The minimum atomic E-state index is -2.00. The summed E-state index contributed by atoms with van der Waals surface area (Å²) in [5, 5.41) is 0.0948. The van der Waals surface area contributed by atoms with Crippen LogP contribution in [-0.4, -0.2) is 35.2 Å². The molecule has 0 atom stereocenters. The van der Waals surface area contributed by atoms with Crippen LogP contribution in [0.3, 0.4) is 0 Å². The van der Waals surface area contributed by atoms with Crippen LogP contribution < -0.4 is 23.4 Å². The van der Waals surface area contributed by atoms with Crippen molar-refractivity contribution in [2.45, 2.75) is 59.7 Å². The second-order valence-electron chi connectivity index (χ2n) is 9.25. The number of rotatable bonds is 11. The van der Waals surface area contributed by atoms with E-state index in [9.17, 15) is 0 Å². The third kappa shape index (κ3) is 6.94. The molecule has 0 radical (unpaired) electrons. The summed E-state index contributed by atoms with van der Waals surface area (Å²) in [6, 6.07) is 9.97. The van der Waals surface area contributed by atoms with Gasteiger partial charge in [0.05, 0.1) is 26.9 Å². The third-order valence-corrected chi connectivity index (χ3v) is 10.1. The van der Waals surface area contributed by atoms with Gasteiger partial charge in [-0.25, -0.2) is 0 Å². The second-order valence-corrected chi connectivity index (χ2v) is 14.0. The molecule has 0 saturated carbocycles. The van der Waals surface area contributed by atoms with Gasteiger partial charge in [-0.3, -0.25) is 0 Å². The average Bonchev–Trinajstić information content (AvgIpc) is 2.74. The molecular weight excluding hydrogens is 432 g/mol. The number of ether oxygens (including phenoxy) is 4. The summed E-state index contributed by atoms with van der Waals surface area (Å²) in [7, 11) is -0.327. The first-order chi connectivity index (χ1) is 15.6. The Hall–Kier alpha value is -2.60. The zero-order valence-electron chi connectivity index (χ0n) is 21.7. The molecule has 33 heavy (non-hydrogen) atoms. The van der Waals surface area contributed by atoms with E-state index in [4.69, 9.17) is 23.4 Å². The van der Waals surface area contributed by atoms with Crippen molar-refractivity contribution in [3.8, 4) is 28.7 Å². The Morgan fingerprint density at radius 3 is 1.73 bits per heavy atom. The zero-order chi connectivity index (χ0) is 24.6. The van der Waals surface area contributed by atoms with Gasteiger partial charge in [-0.05, 0) is 74.3 Å². The lowest BCUT2D eigenvalue weighted by Crippen LogP contribution is -2.43. The Morgan fingerprint density at radius 2 is 1.24 bits per heavy atom. The van der Waals surface area contributed by atoms with Crippen LogP contribution in [0, 0.1) is 0 Å². The van der Waals surface area contributed by atoms with E-state index in [-0.39, 0.29) is 5.04 Å². The average molecular weight is 473 g/mol. The van der Waals surface area contributed by atoms with Crippen molar-refractivity contribution in [3.63, 3.8) is 0 Å². The Balaban J connectivity index is 2.42. The first-order valence-corrected chi connectivity index (χ1v) is 14.6. The molecule has 2 aromatic rings. The molecule has 0 unspecified atom stereocenters. The molecule has 0 fully saturated rings. The highest BCUT2D eigenvalue weighted by Gasteiger charge is 2.39. The predicted molar refractivity (Wildman–Crippen MR) is 140 cm³/mol. The number of benzene rings is 2. The van der Waals surface area contributed by atoms with Crippen LogP contribution in [0.4, 0.5) is 0 Å². The van der Waals surface area contributed by atoms with E-state index in [1.807, 2.05) is 57.2 Å². The van der Waals surface area contributed by atoms with E-state index in [1.165, 1.54) is 0 Å². The lowest BCUT2D eigenvalue weighted by molar-refractivity contribution is 0.260. The van der Waals surface area contributed by atoms with Crippen LogP contribution in [0.15, 0.2) is 30.3 Å². The van der Waals surface area contributed by atoms with Gasteiger partial charge >= 0.3 is 0 Å². The normalized spacial score (nSPS) is 12.0. The van der Waals surface area contributed by atoms with Gasteiger partial charge in [0.2, 0.25) is 5.75 Å². The molecule has 0 bridgehead atoms. The van der Waals surface area contributed by atoms with Crippen LogP contribution in [-0.2, 0) is 0 Å². The quantitative estimate of drug-likeness (QED) is 0.251. The van der Waals surface area contributed by atoms with Crippen molar-refractivity contribution in [1.29, 1.82) is 0 Å². The Morgan fingerprint density at radius 1 is 0.727 bits per heavy atom. The summed E-state index contributed by atoms with van der Waals surface area (Å²) < 4.78 is 29.6. The summed E-state index contributed by atoms with van der Waals surface area (Å²) in [4.78, 5) is 0. The topological polar surface area (TPSA) is 46.2 Å². The van der Waals surface area contributed by atoms with E-state index in [1.54, 1.807) is 7.11 Å². The maximum atomic E-state index is 6.55. The number of hydrogen-bond donors (Lipinski definition) is 0. The molecule has 0 spiro atoms. The fraction of sp³-hybridized carbons (Fsp3) is 0.481. The van der Waals surface area contributed by atoms with E-state index in [2.05, 4.69) is 39.9 Å². The van der Waals surface area contributed by atoms with Crippen molar-refractivity contribution in [1.82, 2.24) is 0 Å². The van der Waals surface area contributed by atoms with Gasteiger partial charge in [-0.2, -0.15) is 0 Å². The molecular formula is C27H40O5Si. The first kappa shape index (κ1) is 26.6. The molecule has 6 heteroatoms. The van der Waals surface area contributed by atoms with Gasteiger partial charge in [-0.1, -0.05) is 39.0 Å². The summed E-state index contributed by atoms with van der Waals surface area (Å²) in [6.07, 6.45) is 4.10. The molecule has 0 aromatic heterocycles. The first-order valence-electron chi connectivity index (χ1n) is 11.7. The highest BCUT2D eigenvalue weighted by molar-refractivity contribution is 6.74. The van der Waals surface area contributed by atoms with Crippen molar-refractivity contribution in [3.05, 3.63) is 41.5 Å². The summed E-state index contributed by atoms with van der Waals surface area (Å²) in [5.74, 6) is 3.54. The monoisotopic (exact) mass is 472 g/mol. The highest BCUT2D eigenvalue weighted by atomic mass is 28.4. The van der Waals surface area contributed by atoms with E-state index in [0.717, 1.165) is 22.6 Å². The maximum Gasteiger partial charge on any atom is 0.250 e. The molecule has 0 heterocycles. The molecule has 0 amide bonds.